The van der Waals surface area contributed by atoms with Gasteiger partial charge in [0.25, 0.3) is 0 Å². The van der Waals surface area contributed by atoms with E-state index < -0.39 is 11.4 Å². The Balaban J connectivity index is 1.64. The molecule has 0 aromatic heterocycles. The third-order valence-corrected chi connectivity index (χ3v) is 5.17. The van der Waals surface area contributed by atoms with Crippen LogP contribution in [0.2, 0.25) is 0 Å². The summed E-state index contributed by atoms with van der Waals surface area (Å²) in [6.45, 7) is 1.88. The Kier molecular flexibility index (Phi) is 4.30. The first-order chi connectivity index (χ1) is 11.4. The molecule has 6 nitrogen and oxygen atoms in total. The van der Waals surface area contributed by atoms with Crippen molar-refractivity contribution in [1.29, 1.82) is 0 Å². The van der Waals surface area contributed by atoms with Gasteiger partial charge in [0.15, 0.2) is 0 Å². The summed E-state index contributed by atoms with van der Waals surface area (Å²) in [6, 6.07) is 5.53. The van der Waals surface area contributed by atoms with Crippen molar-refractivity contribution in [1.82, 2.24) is 5.32 Å². The number of amides is 2. The van der Waals surface area contributed by atoms with Gasteiger partial charge in [-0.1, -0.05) is 18.6 Å². The van der Waals surface area contributed by atoms with E-state index >= 15 is 0 Å². The van der Waals surface area contributed by atoms with E-state index in [1.165, 1.54) is 0 Å². The molecule has 0 bridgehead atoms. The molecule has 1 aromatic carbocycles. The Morgan fingerprint density at radius 3 is 2.71 bits per heavy atom. The van der Waals surface area contributed by atoms with Gasteiger partial charge in [-0.3, -0.25) is 14.4 Å². The minimum absolute atomic E-state index is 0.0241. The van der Waals surface area contributed by atoms with E-state index in [-0.39, 0.29) is 24.3 Å². The zero-order valence-electron chi connectivity index (χ0n) is 13.7. The molecular weight excluding hydrogens is 308 g/mol. The zero-order chi connectivity index (χ0) is 17.3. The average Bonchev–Trinajstić information content (AvgIpc) is 2.49. The fraction of sp³-hybridized carbons (Fsp3) is 0.500. The van der Waals surface area contributed by atoms with Gasteiger partial charge in [0.05, 0.1) is 11.5 Å². The summed E-state index contributed by atoms with van der Waals surface area (Å²) >= 11 is 0. The minimum atomic E-state index is -0.874. The number of aryl methyl sites for hydroxylation is 1. The molecule has 1 fully saturated rings. The van der Waals surface area contributed by atoms with Crippen molar-refractivity contribution in [3.05, 3.63) is 29.3 Å². The van der Waals surface area contributed by atoms with Crippen LogP contribution in [0.15, 0.2) is 18.2 Å². The van der Waals surface area contributed by atoms with E-state index in [1.807, 2.05) is 25.1 Å². The van der Waals surface area contributed by atoms with Gasteiger partial charge in [-0.05, 0) is 43.4 Å². The maximum absolute atomic E-state index is 12.2. The van der Waals surface area contributed by atoms with Gasteiger partial charge in [0, 0.05) is 18.5 Å². The Bertz CT molecular complexity index is 694. The fourth-order valence-corrected chi connectivity index (χ4v) is 3.43. The highest BCUT2D eigenvalue weighted by Gasteiger charge is 2.46. The molecule has 0 spiro atoms. The summed E-state index contributed by atoms with van der Waals surface area (Å²) < 4.78 is 0. The third-order valence-electron chi connectivity index (χ3n) is 5.17. The standard InChI is InChI=1S/C18H22N2O4/c1-11(19-16(22)10-18(17(23)24)7-2-8-18)12-3-5-14-13(9-12)4-6-15(21)20-14/h3,5,9,11H,2,4,6-8,10H2,1H3,(H,19,22)(H,20,21)(H,23,24). The summed E-state index contributed by atoms with van der Waals surface area (Å²) in [6.07, 6.45) is 3.21. The fourth-order valence-electron chi connectivity index (χ4n) is 3.43. The van der Waals surface area contributed by atoms with Crippen LogP contribution >= 0.6 is 0 Å². The molecule has 3 N–H and O–H groups in total. The maximum Gasteiger partial charge on any atom is 0.310 e. The number of carboxylic acid groups (broad SMARTS) is 1. The molecule has 6 heteroatoms. The lowest BCUT2D eigenvalue weighted by atomic mass is 9.66. The van der Waals surface area contributed by atoms with Gasteiger partial charge >= 0.3 is 5.97 Å². The second-order valence-corrected chi connectivity index (χ2v) is 6.87. The SMILES string of the molecule is CC(NC(=O)CC1(C(=O)O)CCC1)c1ccc2c(c1)CCC(=O)N2. The largest absolute Gasteiger partial charge is 0.481 e. The van der Waals surface area contributed by atoms with E-state index in [0.717, 1.165) is 23.2 Å². The average molecular weight is 330 g/mol. The number of anilines is 1. The minimum Gasteiger partial charge on any atom is -0.481 e. The van der Waals surface area contributed by atoms with Crippen LogP contribution in [0.3, 0.4) is 0 Å². The summed E-state index contributed by atoms with van der Waals surface area (Å²) in [7, 11) is 0. The highest BCUT2D eigenvalue weighted by molar-refractivity contribution is 5.94. The predicted octanol–water partition coefficient (Wildman–Crippen LogP) is 2.39. The number of hydrogen-bond acceptors (Lipinski definition) is 3. The second kappa shape index (κ2) is 6.26. The van der Waals surface area contributed by atoms with Crippen LogP contribution < -0.4 is 10.6 Å². The molecule has 0 saturated heterocycles. The van der Waals surface area contributed by atoms with Crippen molar-refractivity contribution in [3.8, 4) is 0 Å². The first-order valence-electron chi connectivity index (χ1n) is 8.35. The number of carbonyl (C=O) groups is 3. The Hall–Kier alpha value is -2.37. The van der Waals surface area contributed by atoms with Crippen molar-refractivity contribution < 1.29 is 19.5 Å². The molecule has 1 unspecified atom stereocenters. The second-order valence-electron chi connectivity index (χ2n) is 6.87. The quantitative estimate of drug-likeness (QED) is 0.772. The molecule has 24 heavy (non-hydrogen) atoms. The molecular formula is C18H22N2O4. The summed E-state index contributed by atoms with van der Waals surface area (Å²) in [5.41, 5.74) is 1.97. The maximum atomic E-state index is 12.2. The number of fused-ring (bicyclic) bond motifs is 1. The Labute approximate surface area is 140 Å². The number of rotatable bonds is 5. The number of hydrogen-bond donors (Lipinski definition) is 3. The molecule has 2 amide bonds. The number of nitrogens with one attached hydrogen (secondary N) is 2. The number of benzene rings is 1. The molecule has 1 atom stereocenters. The summed E-state index contributed by atoms with van der Waals surface area (Å²) in [4.78, 5) is 35.0. The molecule has 2 aliphatic rings. The topological polar surface area (TPSA) is 95.5 Å². The monoisotopic (exact) mass is 330 g/mol. The van der Waals surface area contributed by atoms with Crippen molar-refractivity contribution >= 4 is 23.5 Å². The third kappa shape index (κ3) is 3.13. The molecule has 3 rings (SSSR count). The van der Waals surface area contributed by atoms with E-state index in [9.17, 15) is 19.5 Å². The lowest BCUT2D eigenvalue weighted by molar-refractivity contribution is -0.157. The Morgan fingerprint density at radius 1 is 1.33 bits per heavy atom. The molecule has 128 valence electrons. The van der Waals surface area contributed by atoms with Crippen LogP contribution in [0, 0.1) is 5.41 Å². The first kappa shape index (κ1) is 16.5. The van der Waals surface area contributed by atoms with Crippen LogP contribution in [-0.2, 0) is 20.8 Å². The van der Waals surface area contributed by atoms with Crippen LogP contribution in [0.1, 0.15) is 56.2 Å². The van der Waals surface area contributed by atoms with E-state index in [0.29, 0.717) is 25.7 Å². The lowest BCUT2D eigenvalue weighted by Gasteiger charge is -2.37. The smallest absolute Gasteiger partial charge is 0.310 e. The van der Waals surface area contributed by atoms with E-state index in [1.54, 1.807) is 0 Å². The van der Waals surface area contributed by atoms with Crippen LogP contribution in [-0.4, -0.2) is 22.9 Å². The predicted molar refractivity (Wildman–Crippen MR) is 88.5 cm³/mol. The molecule has 1 aromatic rings. The van der Waals surface area contributed by atoms with Gasteiger partial charge in [-0.15, -0.1) is 0 Å². The van der Waals surface area contributed by atoms with Gasteiger partial charge in [-0.25, -0.2) is 0 Å². The lowest BCUT2D eigenvalue weighted by Crippen LogP contribution is -2.43. The Morgan fingerprint density at radius 2 is 2.08 bits per heavy atom. The highest BCUT2D eigenvalue weighted by atomic mass is 16.4. The van der Waals surface area contributed by atoms with Gasteiger partial charge in [0.2, 0.25) is 11.8 Å². The normalized spacial score (nSPS) is 19.5. The number of carboxylic acids is 1. The number of aliphatic carboxylic acids is 1. The van der Waals surface area contributed by atoms with Gasteiger partial charge in [0.1, 0.15) is 0 Å². The molecule has 1 aliphatic carbocycles. The van der Waals surface area contributed by atoms with Gasteiger partial charge < -0.3 is 15.7 Å². The van der Waals surface area contributed by atoms with Crippen LogP contribution in [0.25, 0.3) is 0 Å². The number of carbonyl (C=O) groups excluding carboxylic acids is 2. The molecule has 1 heterocycles. The summed E-state index contributed by atoms with van der Waals surface area (Å²) in [5.74, 6) is -1.08. The van der Waals surface area contributed by atoms with Crippen molar-refractivity contribution in [2.24, 2.45) is 5.41 Å². The van der Waals surface area contributed by atoms with Crippen LogP contribution in [0.5, 0.6) is 0 Å². The van der Waals surface area contributed by atoms with E-state index in [2.05, 4.69) is 10.6 Å². The first-order valence-corrected chi connectivity index (χ1v) is 8.35. The molecule has 1 saturated carbocycles. The summed E-state index contributed by atoms with van der Waals surface area (Å²) in [5, 5.41) is 15.1. The highest BCUT2D eigenvalue weighted by Crippen LogP contribution is 2.44. The van der Waals surface area contributed by atoms with Crippen molar-refractivity contribution in [2.75, 3.05) is 5.32 Å². The molecule has 0 radical (unpaired) electrons. The van der Waals surface area contributed by atoms with Crippen molar-refractivity contribution in [3.63, 3.8) is 0 Å². The van der Waals surface area contributed by atoms with Gasteiger partial charge in [-0.2, -0.15) is 0 Å². The van der Waals surface area contributed by atoms with E-state index in [4.69, 9.17) is 0 Å². The zero-order valence-corrected chi connectivity index (χ0v) is 13.7. The van der Waals surface area contributed by atoms with Crippen LogP contribution in [0.4, 0.5) is 5.69 Å². The van der Waals surface area contributed by atoms with Crippen molar-refractivity contribution in [2.45, 2.75) is 51.5 Å². The molecule has 1 aliphatic heterocycles.